The summed E-state index contributed by atoms with van der Waals surface area (Å²) in [5.74, 6) is -0.291. The van der Waals surface area contributed by atoms with Crippen LogP contribution in [0.2, 0.25) is 0 Å². The van der Waals surface area contributed by atoms with Gasteiger partial charge in [0.1, 0.15) is 0 Å². The highest BCUT2D eigenvalue weighted by molar-refractivity contribution is 14.1. The first-order valence-electron chi connectivity index (χ1n) is 4.60. The fraction of sp³-hybridized carbons (Fsp3) is 0.889. The average molecular weight is 300 g/mol. The molecule has 0 radical (unpaired) electrons. The molecule has 0 aliphatic rings. The Bertz CT molecular complexity index is 139. The third kappa shape index (κ3) is 8.49. The van der Waals surface area contributed by atoms with Gasteiger partial charge in [-0.2, -0.15) is 0 Å². The minimum absolute atomic E-state index is 0.120. The molecule has 1 N–H and O–H groups in total. The number of unbranched alkanes of at least 4 members (excludes halogenated alkanes) is 2. The van der Waals surface area contributed by atoms with E-state index in [0.29, 0.717) is 11.0 Å². The largest absolute Gasteiger partial charge is 0.466 e. The van der Waals surface area contributed by atoms with Gasteiger partial charge in [-0.3, -0.25) is 4.79 Å². The average Bonchev–Trinajstić information content (AvgIpc) is 2.12. The van der Waals surface area contributed by atoms with Gasteiger partial charge >= 0.3 is 5.97 Å². The Morgan fingerprint density at radius 1 is 1.54 bits per heavy atom. The van der Waals surface area contributed by atoms with Crippen molar-refractivity contribution >= 4 is 28.6 Å². The van der Waals surface area contributed by atoms with Crippen molar-refractivity contribution in [1.82, 2.24) is 0 Å². The van der Waals surface area contributed by atoms with Crippen LogP contribution in [0.1, 0.15) is 32.6 Å². The Hall–Kier alpha value is 0.160. The number of aliphatic hydroxyl groups is 1. The van der Waals surface area contributed by atoms with Crippen molar-refractivity contribution < 1.29 is 14.6 Å². The topological polar surface area (TPSA) is 46.5 Å². The zero-order chi connectivity index (χ0) is 10.1. The van der Waals surface area contributed by atoms with Crippen LogP contribution < -0.4 is 0 Å². The second kappa shape index (κ2) is 8.74. The summed E-state index contributed by atoms with van der Waals surface area (Å²) in [4.78, 5) is 11.0. The number of alkyl halides is 1. The van der Waals surface area contributed by atoms with Crippen LogP contribution >= 0.6 is 22.6 Å². The van der Waals surface area contributed by atoms with Crippen LogP contribution in [0.3, 0.4) is 0 Å². The number of halogens is 1. The molecule has 3 nitrogen and oxygen atoms in total. The van der Waals surface area contributed by atoms with Crippen LogP contribution in [0.5, 0.6) is 0 Å². The van der Waals surface area contributed by atoms with Gasteiger partial charge in [0.25, 0.3) is 0 Å². The van der Waals surface area contributed by atoms with E-state index >= 15 is 0 Å². The normalized spacial score (nSPS) is 12.5. The summed E-state index contributed by atoms with van der Waals surface area (Å²) in [6.45, 7) is 2.59. The number of aliphatic hydroxyl groups excluding tert-OH is 1. The van der Waals surface area contributed by atoms with Crippen molar-refractivity contribution in [3.8, 4) is 0 Å². The van der Waals surface area contributed by atoms with E-state index in [1.165, 1.54) is 0 Å². The highest BCUT2D eigenvalue weighted by Crippen LogP contribution is 2.00. The first-order valence-corrected chi connectivity index (χ1v) is 6.13. The Morgan fingerprint density at radius 2 is 2.23 bits per heavy atom. The predicted molar refractivity (Wildman–Crippen MR) is 60.0 cm³/mol. The summed E-state index contributed by atoms with van der Waals surface area (Å²) in [5.41, 5.74) is 0. The van der Waals surface area contributed by atoms with Gasteiger partial charge < -0.3 is 9.84 Å². The van der Waals surface area contributed by atoms with Gasteiger partial charge in [-0.1, -0.05) is 42.4 Å². The van der Waals surface area contributed by atoms with Gasteiger partial charge in [-0.25, -0.2) is 0 Å². The summed E-state index contributed by atoms with van der Waals surface area (Å²) >= 11 is 2.04. The van der Waals surface area contributed by atoms with E-state index in [1.807, 2.05) is 22.6 Å². The SMILES string of the molecule is CCCCCOC(=O)CC(O)CI. The highest BCUT2D eigenvalue weighted by atomic mass is 127. The first kappa shape index (κ1) is 13.2. The molecular formula is C9H17IO3. The van der Waals surface area contributed by atoms with Crippen LogP contribution in [-0.2, 0) is 9.53 Å². The molecule has 0 aliphatic heterocycles. The number of hydrogen-bond acceptors (Lipinski definition) is 3. The van der Waals surface area contributed by atoms with E-state index < -0.39 is 6.10 Å². The van der Waals surface area contributed by atoms with Crippen LogP contribution in [0.25, 0.3) is 0 Å². The third-order valence-electron chi connectivity index (χ3n) is 1.59. The highest BCUT2D eigenvalue weighted by Gasteiger charge is 2.09. The number of hydrogen-bond donors (Lipinski definition) is 1. The van der Waals surface area contributed by atoms with Crippen molar-refractivity contribution in [2.45, 2.75) is 38.7 Å². The molecule has 0 heterocycles. The molecule has 0 amide bonds. The summed E-state index contributed by atoms with van der Waals surface area (Å²) in [7, 11) is 0. The lowest BCUT2D eigenvalue weighted by Crippen LogP contribution is -2.17. The van der Waals surface area contributed by atoms with Gasteiger partial charge in [0.05, 0.1) is 19.1 Å². The Morgan fingerprint density at radius 3 is 2.77 bits per heavy atom. The molecule has 0 bridgehead atoms. The van der Waals surface area contributed by atoms with Crippen LogP contribution in [0.15, 0.2) is 0 Å². The fourth-order valence-corrected chi connectivity index (χ4v) is 1.16. The number of rotatable bonds is 7. The molecule has 4 heteroatoms. The van der Waals surface area contributed by atoms with E-state index in [-0.39, 0.29) is 12.4 Å². The van der Waals surface area contributed by atoms with Crippen molar-refractivity contribution in [2.24, 2.45) is 0 Å². The molecule has 13 heavy (non-hydrogen) atoms. The molecule has 0 aromatic rings. The van der Waals surface area contributed by atoms with Crippen molar-refractivity contribution in [3.63, 3.8) is 0 Å². The quantitative estimate of drug-likeness (QED) is 0.338. The number of ether oxygens (including phenoxy) is 1. The Kier molecular flexibility index (Phi) is 8.85. The number of carbonyl (C=O) groups is 1. The van der Waals surface area contributed by atoms with Crippen molar-refractivity contribution in [3.05, 3.63) is 0 Å². The van der Waals surface area contributed by atoms with Gasteiger partial charge in [0, 0.05) is 4.43 Å². The Labute approximate surface area is 93.0 Å². The molecule has 1 atom stereocenters. The maximum absolute atomic E-state index is 11.0. The molecule has 0 saturated carbocycles. The maximum atomic E-state index is 11.0. The van der Waals surface area contributed by atoms with E-state index in [2.05, 4.69) is 6.92 Å². The minimum atomic E-state index is -0.556. The fourth-order valence-electron chi connectivity index (χ4n) is 0.844. The molecule has 1 unspecified atom stereocenters. The smallest absolute Gasteiger partial charge is 0.308 e. The minimum Gasteiger partial charge on any atom is -0.466 e. The monoisotopic (exact) mass is 300 g/mol. The van der Waals surface area contributed by atoms with Crippen LogP contribution in [0.4, 0.5) is 0 Å². The van der Waals surface area contributed by atoms with E-state index in [4.69, 9.17) is 9.84 Å². The zero-order valence-electron chi connectivity index (χ0n) is 7.96. The summed E-state index contributed by atoms with van der Waals surface area (Å²) in [5, 5.41) is 9.12. The zero-order valence-corrected chi connectivity index (χ0v) is 10.1. The van der Waals surface area contributed by atoms with E-state index in [1.54, 1.807) is 0 Å². The Balaban J connectivity index is 3.30. The van der Waals surface area contributed by atoms with Crippen LogP contribution in [-0.4, -0.2) is 28.2 Å². The van der Waals surface area contributed by atoms with E-state index in [0.717, 1.165) is 19.3 Å². The van der Waals surface area contributed by atoms with E-state index in [9.17, 15) is 4.79 Å². The molecule has 0 aromatic carbocycles. The molecule has 0 fully saturated rings. The van der Waals surface area contributed by atoms with Gasteiger partial charge in [0.2, 0.25) is 0 Å². The maximum Gasteiger partial charge on any atom is 0.308 e. The van der Waals surface area contributed by atoms with Gasteiger partial charge in [-0.05, 0) is 6.42 Å². The second-order valence-corrected chi connectivity index (χ2v) is 3.82. The second-order valence-electron chi connectivity index (χ2n) is 2.94. The molecular weight excluding hydrogens is 283 g/mol. The number of carbonyl (C=O) groups excluding carboxylic acids is 1. The third-order valence-corrected chi connectivity index (χ3v) is 2.61. The molecule has 0 aromatic heterocycles. The molecule has 78 valence electrons. The van der Waals surface area contributed by atoms with Gasteiger partial charge in [-0.15, -0.1) is 0 Å². The molecule has 0 aliphatic carbocycles. The van der Waals surface area contributed by atoms with Crippen molar-refractivity contribution in [1.29, 1.82) is 0 Å². The van der Waals surface area contributed by atoms with Crippen LogP contribution in [0, 0.1) is 0 Å². The lowest BCUT2D eigenvalue weighted by atomic mass is 10.2. The van der Waals surface area contributed by atoms with Crippen molar-refractivity contribution in [2.75, 3.05) is 11.0 Å². The molecule has 0 spiro atoms. The lowest BCUT2D eigenvalue weighted by molar-refractivity contribution is -0.145. The van der Waals surface area contributed by atoms with Gasteiger partial charge in [0.15, 0.2) is 0 Å². The summed E-state index contributed by atoms with van der Waals surface area (Å²) in [6.07, 6.45) is 2.69. The number of esters is 1. The lowest BCUT2D eigenvalue weighted by Gasteiger charge is -2.06. The summed E-state index contributed by atoms with van der Waals surface area (Å²) in [6, 6.07) is 0. The molecule has 0 saturated heterocycles. The molecule has 0 rings (SSSR count). The predicted octanol–water partition coefficient (Wildman–Crippen LogP) is 1.91. The summed E-state index contributed by atoms with van der Waals surface area (Å²) < 4.78 is 5.49. The first-order chi connectivity index (χ1) is 6.20. The standard InChI is InChI=1S/C9H17IO3/c1-2-3-4-5-13-9(12)6-8(11)7-10/h8,11H,2-7H2,1H3.